The molecule has 18 heavy (non-hydrogen) atoms. The fraction of sp³-hybridized carbons (Fsp3) is 0. The molecule has 1 aromatic carbocycles. The Morgan fingerprint density at radius 3 is 2.67 bits per heavy atom. The smallest absolute Gasteiger partial charge is 0.255 e. The third-order valence-corrected chi connectivity index (χ3v) is 2.79. The minimum Gasteiger partial charge on any atom is -0.397 e. The number of hydrogen-bond donors (Lipinski definition) is 2. The molecule has 2 rings (SSSR count). The van der Waals surface area contributed by atoms with Crippen molar-refractivity contribution >= 4 is 40.5 Å². The summed E-state index contributed by atoms with van der Waals surface area (Å²) >= 11 is 11.5. The predicted molar refractivity (Wildman–Crippen MR) is 73.1 cm³/mol. The number of anilines is 2. The van der Waals surface area contributed by atoms with Gasteiger partial charge in [0.2, 0.25) is 0 Å². The molecule has 0 aliphatic heterocycles. The zero-order valence-corrected chi connectivity index (χ0v) is 10.7. The van der Waals surface area contributed by atoms with Gasteiger partial charge in [0.25, 0.3) is 5.91 Å². The van der Waals surface area contributed by atoms with Crippen LogP contribution in [-0.2, 0) is 0 Å². The molecule has 0 aliphatic carbocycles. The summed E-state index contributed by atoms with van der Waals surface area (Å²) < 4.78 is 0. The molecule has 92 valence electrons. The molecular formula is C12H9Cl2N3O. The van der Waals surface area contributed by atoms with Gasteiger partial charge in [0, 0.05) is 17.4 Å². The number of nitrogen functional groups attached to an aromatic ring is 1. The van der Waals surface area contributed by atoms with Crippen LogP contribution in [0, 0.1) is 0 Å². The maximum Gasteiger partial charge on any atom is 0.255 e. The largest absolute Gasteiger partial charge is 0.397 e. The first kappa shape index (κ1) is 12.7. The van der Waals surface area contributed by atoms with E-state index in [0.717, 1.165) is 0 Å². The van der Waals surface area contributed by atoms with Crippen molar-refractivity contribution in [3.8, 4) is 0 Å². The Hall–Kier alpha value is -1.78. The quantitative estimate of drug-likeness (QED) is 0.656. The number of carbonyl (C=O) groups is 1. The van der Waals surface area contributed by atoms with Crippen LogP contribution in [0.15, 0.2) is 36.5 Å². The van der Waals surface area contributed by atoms with Crippen molar-refractivity contribution < 1.29 is 4.79 Å². The summed E-state index contributed by atoms with van der Waals surface area (Å²) in [6, 6.07) is 7.92. The van der Waals surface area contributed by atoms with Crippen molar-refractivity contribution in [2.45, 2.75) is 0 Å². The number of carbonyl (C=O) groups excluding carboxylic acids is 1. The molecule has 1 aromatic heterocycles. The van der Waals surface area contributed by atoms with Crippen molar-refractivity contribution in [1.29, 1.82) is 0 Å². The standard InChI is InChI=1S/C12H9Cl2N3O/c13-9-2-1-8(6-10(9)15)17-12(18)7-3-4-16-11(14)5-7/h1-6H,15H2,(H,17,18). The first-order valence-electron chi connectivity index (χ1n) is 5.04. The van der Waals surface area contributed by atoms with Gasteiger partial charge < -0.3 is 11.1 Å². The van der Waals surface area contributed by atoms with Crippen molar-refractivity contribution in [2.24, 2.45) is 0 Å². The van der Waals surface area contributed by atoms with Crippen molar-refractivity contribution in [1.82, 2.24) is 4.98 Å². The maximum absolute atomic E-state index is 11.9. The number of nitrogens with zero attached hydrogens (tertiary/aromatic N) is 1. The van der Waals surface area contributed by atoms with Gasteiger partial charge in [-0.3, -0.25) is 4.79 Å². The van der Waals surface area contributed by atoms with Crippen molar-refractivity contribution in [2.75, 3.05) is 11.1 Å². The molecule has 0 unspecified atom stereocenters. The van der Waals surface area contributed by atoms with Gasteiger partial charge >= 0.3 is 0 Å². The first-order valence-corrected chi connectivity index (χ1v) is 5.80. The molecule has 0 radical (unpaired) electrons. The summed E-state index contributed by atoms with van der Waals surface area (Å²) in [7, 11) is 0. The van der Waals surface area contributed by atoms with Gasteiger partial charge in [0.15, 0.2) is 0 Å². The molecule has 0 saturated carbocycles. The average molecular weight is 282 g/mol. The minimum atomic E-state index is -0.291. The van der Waals surface area contributed by atoms with Crippen LogP contribution >= 0.6 is 23.2 Å². The Labute approximate surface area is 114 Å². The van der Waals surface area contributed by atoms with Gasteiger partial charge in [-0.25, -0.2) is 4.98 Å². The van der Waals surface area contributed by atoms with E-state index in [2.05, 4.69) is 10.3 Å². The zero-order chi connectivity index (χ0) is 13.1. The number of hydrogen-bond acceptors (Lipinski definition) is 3. The summed E-state index contributed by atoms with van der Waals surface area (Å²) in [6.07, 6.45) is 1.47. The third kappa shape index (κ3) is 2.91. The highest BCUT2D eigenvalue weighted by atomic mass is 35.5. The van der Waals surface area contributed by atoms with Crippen LogP contribution in [0.5, 0.6) is 0 Å². The first-order chi connectivity index (χ1) is 8.56. The molecule has 0 spiro atoms. The van der Waals surface area contributed by atoms with Gasteiger partial charge in [0.1, 0.15) is 5.15 Å². The number of benzene rings is 1. The van der Waals surface area contributed by atoms with Crippen LogP contribution in [0.2, 0.25) is 10.2 Å². The lowest BCUT2D eigenvalue weighted by Gasteiger charge is -2.07. The van der Waals surface area contributed by atoms with Crippen LogP contribution in [0.3, 0.4) is 0 Å². The van der Waals surface area contributed by atoms with E-state index in [0.29, 0.717) is 22.0 Å². The minimum absolute atomic E-state index is 0.262. The van der Waals surface area contributed by atoms with E-state index in [-0.39, 0.29) is 11.1 Å². The molecule has 0 fully saturated rings. The Bertz CT molecular complexity index is 602. The molecule has 4 nitrogen and oxygen atoms in total. The molecule has 2 aromatic rings. The van der Waals surface area contributed by atoms with E-state index in [1.54, 1.807) is 24.3 Å². The number of amides is 1. The lowest BCUT2D eigenvalue weighted by atomic mass is 10.2. The highest BCUT2D eigenvalue weighted by Crippen LogP contribution is 2.22. The summed E-state index contributed by atoms with van der Waals surface area (Å²) in [5.74, 6) is -0.291. The number of rotatable bonds is 2. The van der Waals surface area contributed by atoms with E-state index >= 15 is 0 Å². The normalized spacial score (nSPS) is 10.1. The van der Waals surface area contributed by atoms with Gasteiger partial charge in [-0.2, -0.15) is 0 Å². The number of halogens is 2. The molecule has 0 aliphatic rings. The third-order valence-electron chi connectivity index (χ3n) is 2.24. The highest BCUT2D eigenvalue weighted by Gasteiger charge is 2.07. The fourth-order valence-electron chi connectivity index (χ4n) is 1.37. The van der Waals surface area contributed by atoms with Crippen LogP contribution in [0.1, 0.15) is 10.4 Å². The molecule has 6 heteroatoms. The second kappa shape index (κ2) is 5.25. The molecule has 3 N–H and O–H groups in total. The number of pyridine rings is 1. The molecule has 1 heterocycles. The van der Waals surface area contributed by atoms with Gasteiger partial charge in [-0.1, -0.05) is 23.2 Å². The van der Waals surface area contributed by atoms with Crippen molar-refractivity contribution in [3.63, 3.8) is 0 Å². The summed E-state index contributed by atoms with van der Waals surface area (Å²) in [5.41, 5.74) is 7.03. The zero-order valence-electron chi connectivity index (χ0n) is 9.15. The van der Waals surface area contributed by atoms with Crippen LogP contribution in [0.4, 0.5) is 11.4 Å². The number of nitrogens with two attached hydrogens (primary N) is 1. The fourth-order valence-corrected chi connectivity index (χ4v) is 1.66. The van der Waals surface area contributed by atoms with Crippen LogP contribution < -0.4 is 11.1 Å². The summed E-state index contributed by atoms with van der Waals surface area (Å²) in [5, 5.41) is 3.40. The van der Waals surface area contributed by atoms with E-state index in [4.69, 9.17) is 28.9 Å². The molecule has 1 amide bonds. The predicted octanol–water partition coefficient (Wildman–Crippen LogP) is 3.22. The van der Waals surface area contributed by atoms with Gasteiger partial charge in [0.05, 0.1) is 10.7 Å². The van der Waals surface area contributed by atoms with Crippen LogP contribution in [0.25, 0.3) is 0 Å². The van der Waals surface area contributed by atoms with Gasteiger partial charge in [-0.15, -0.1) is 0 Å². The molecular weight excluding hydrogens is 273 g/mol. The average Bonchev–Trinajstić information content (AvgIpc) is 2.34. The summed E-state index contributed by atoms with van der Waals surface area (Å²) in [4.78, 5) is 15.7. The van der Waals surface area contributed by atoms with Crippen LogP contribution in [-0.4, -0.2) is 10.9 Å². The summed E-state index contributed by atoms with van der Waals surface area (Å²) in [6.45, 7) is 0. The molecule has 0 bridgehead atoms. The SMILES string of the molecule is Nc1cc(NC(=O)c2ccnc(Cl)c2)ccc1Cl. The monoisotopic (exact) mass is 281 g/mol. The highest BCUT2D eigenvalue weighted by molar-refractivity contribution is 6.33. The Morgan fingerprint density at radius 1 is 1.22 bits per heavy atom. The molecule has 0 saturated heterocycles. The van der Waals surface area contributed by atoms with Gasteiger partial charge in [-0.05, 0) is 30.3 Å². The number of aromatic nitrogens is 1. The lowest BCUT2D eigenvalue weighted by molar-refractivity contribution is 0.102. The van der Waals surface area contributed by atoms with E-state index in [1.165, 1.54) is 12.3 Å². The van der Waals surface area contributed by atoms with Crippen molar-refractivity contribution in [3.05, 3.63) is 52.3 Å². The second-order valence-electron chi connectivity index (χ2n) is 3.56. The lowest BCUT2D eigenvalue weighted by Crippen LogP contribution is -2.12. The maximum atomic E-state index is 11.9. The Morgan fingerprint density at radius 2 is 2.00 bits per heavy atom. The van der Waals surface area contributed by atoms with E-state index in [9.17, 15) is 4.79 Å². The second-order valence-corrected chi connectivity index (χ2v) is 4.35. The Kier molecular flexibility index (Phi) is 3.69. The Balaban J connectivity index is 2.18. The molecule has 0 atom stereocenters. The van der Waals surface area contributed by atoms with E-state index < -0.39 is 0 Å². The van der Waals surface area contributed by atoms with E-state index in [1.807, 2.05) is 0 Å². The number of nitrogens with one attached hydrogen (secondary N) is 1. The topological polar surface area (TPSA) is 68.0 Å².